The van der Waals surface area contributed by atoms with Gasteiger partial charge in [0.2, 0.25) is 0 Å². The Labute approximate surface area is 120 Å². The number of aromatic nitrogens is 2. The number of rotatable bonds is 2. The third-order valence-electron chi connectivity index (χ3n) is 3.18. The molecule has 0 aliphatic carbocycles. The average Bonchev–Trinajstić information content (AvgIpc) is 2.35. The van der Waals surface area contributed by atoms with Gasteiger partial charge >= 0.3 is 0 Å². The van der Waals surface area contributed by atoms with E-state index in [0.29, 0.717) is 11.6 Å². The quantitative estimate of drug-likeness (QED) is 0.910. The molecule has 0 aliphatic heterocycles. The summed E-state index contributed by atoms with van der Waals surface area (Å²) in [5.41, 5.74) is 8.79. The van der Waals surface area contributed by atoms with Gasteiger partial charge in [-0.1, -0.05) is 26.8 Å². The van der Waals surface area contributed by atoms with Gasteiger partial charge in [-0.25, -0.2) is 9.97 Å². The van der Waals surface area contributed by atoms with Crippen molar-refractivity contribution in [1.29, 1.82) is 0 Å². The summed E-state index contributed by atoms with van der Waals surface area (Å²) < 4.78 is 5.43. The Morgan fingerprint density at radius 2 is 1.80 bits per heavy atom. The molecule has 0 aliphatic rings. The number of methoxy groups -OCH3 is 1. The van der Waals surface area contributed by atoms with E-state index in [1.165, 1.54) is 5.56 Å². The zero-order valence-corrected chi connectivity index (χ0v) is 12.7. The van der Waals surface area contributed by atoms with E-state index in [1.807, 2.05) is 13.0 Å². The highest BCUT2D eigenvalue weighted by Gasteiger charge is 2.18. The summed E-state index contributed by atoms with van der Waals surface area (Å²) in [5, 5.41) is 0. The van der Waals surface area contributed by atoms with E-state index in [0.717, 1.165) is 17.0 Å². The van der Waals surface area contributed by atoms with E-state index in [4.69, 9.17) is 10.5 Å². The van der Waals surface area contributed by atoms with Crippen LogP contribution < -0.4 is 10.5 Å². The number of anilines is 1. The second-order valence-corrected chi connectivity index (χ2v) is 5.92. The summed E-state index contributed by atoms with van der Waals surface area (Å²) in [6.45, 7) is 8.42. The van der Waals surface area contributed by atoms with Crippen molar-refractivity contribution >= 4 is 5.82 Å². The first-order valence-electron chi connectivity index (χ1n) is 6.61. The minimum atomic E-state index is 0.0520. The molecule has 0 amide bonds. The largest absolute Gasteiger partial charge is 0.496 e. The smallest absolute Gasteiger partial charge is 0.165 e. The average molecular weight is 271 g/mol. The van der Waals surface area contributed by atoms with Crippen molar-refractivity contribution in [2.75, 3.05) is 12.8 Å². The first-order valence-corrected chi connectivity index (χ1v) is 6.61. The Morgan fingerprint density at radius 1 is 1.10 bits per heavy atom. The molecule has 0 saturated carbocycles. The molecule has 1 aromatic carbocycles. The molecule has 0 saturated heterocycles. The fourth-order valence-electron chi connectivity index (χ4n) is 2.06. The maximum Gasteiger partial charge on any atom is 0.165 e. The van der Waals surface area contributed by atoms with Crippen molar-refractivity contribution in [3.63, 3.8) is 0 Å². The third-order valence-corrected chi connectivity index (χ3v) is 3.18. The summed E-state index contributed by atoms with van der Waals surface area (Å²) in [5.74, 6) is 1.82. The minimum absolute atomic E-state index is 0.0520. The topological polar surface area (TPSA) is 61.0 Å². The number of nitrogens with zero attached hydrogens (tertiary/aromatic N) is 2. The molecule has 0 fully saturated rings. The predicted octanol–water partition coefficient (Wildman–Crippen LogP) is 3.34. The van der Waals surface area contributed by atoms with Gasteiger partial charge in [0.15, 0.2) is 5.82 Å². The van der Waals surface area contributed by atoms with Gasteiger partial charge in [-0.3, -0.25) is 0 Å². The number of aryl methyl sites for hydroxylation is 1. The van der Waals surface area contributed by atoms with Crippen LogP contribution in [0.5, 0.6) is 5.75 Å². The Hall–Kier alpha value is -2.10. The van der Waals surface area contributed by atoms with E-state index >= 15 is 0 Å². The molecule has 0 bridgehead atoms. The van der Waals surface area contributed by atoms with Crippen LogP contribution in [0.1, 0.15) is 32.0 Å². The molecule has 106 valence electrons. The Balaban J connectivity index is 2.64. The van der Waals surface area contributed by atoms with Crippen LogP contribution in [-0.4, -0.2) is 17.1 Å². The van der Waals surface area contributed by atoms with E-state index in [2.05, 4.69) is 42.9 Å². The predicted molar refractivity (Wildman–Crippen MR) is 81.9 cm³/mol. The first kappa shape index (κ1) is 14.3. The lowest BCUT2D eigenvalue weighted by molar-refractivity contribution is 0.415. The maximum atomic E-state index is 5.82. The highest BCUT2D eigenvalue weighted by Crippen LogP contribution is 2.33. The number of nitrogen functional groups attached to an aromatic ring is 1. The Bertz CT molecular complexity index is 610. The van der Waals surface area contributed by atoms with Crippen molar-refractivity contribution in [1.82, 2.24) is 9.97 Å². The monoisotopic (exact) mass is 271 g/mol. The van der Waals surface area contributed by atoms with Crippen molar-refractivity contribution in [3.8, 4) is 17.1 Å². The molecule has 0 unspecified atom stereocenters. The van der Waals surface area contributed by atoms with Crippen LogP contribution in [-0.2, 0) is 5.41 Å². The van der Waals surface area contributed by atoms with Crippen LogP contribution in [0.15, 0.2) is 24.3 Å². The molecule has 4 nitrogen and oxygen atoms in total. The third kappa shape index (κ3) is 2.90. The van der Waals surface area contributed by atoms with Crippen molar-refractivity contribution < 1.29 is 4.74 Å². The second-order valence-electron chi connectivity index (χ2n) is 5.92. The standard InChI is InChI=1S/C16H21N3O/c1-10-8-14(17)19-15(18-10)12-9-11(16(2,3)4)6-7-13(12)20-5/h6-9H,1-5H3,(H2,17,18,19). The van der Waals surface area contributed by atoms with Crippen LogP contribution in [0, 0.1) is 6.92 Å². The molecule has 4 heteroatoms. The molecule has 0 radical (unpaired) electrons. The van der Waals surface area contributed by atoms with E-state index in [9.17, 15) is 0 Å². The zero-order chi connectivity index (χ0) is 14.9. The summed E-state index contributed by atoms with van der Waals surface area (Å²) in [4.78, 5) is 8.79. The number of hydrogen-bond donors (Lipinski definition) is 1. The second kappa shape index (κ2) is 5.12. The van der Waals surface area contributed by atoms with Crippen molar-refractivity contribution in [2.24, 2.45) is 0 Å². The molecular formula is C16H21N3O. The Kier molecular flexibility index (Phi) is 3.66. The summed E-state index contributed by atoms with van der Waals surface area (Å²) >= 11 is 0. The SMILES string of the molecule is COc1ccc(C(C)(C)C)cc1-c1nc(C)cc(N)n1. The van der Waals surface area contributed by atoms with Crippen molar-refractivity contribution in [3.05, 3.63) is 35.5 Å². The van der Waals surface area contributed by atoms with Crippen LogP contribution in [0.3, 0.4) is 0 Å². The lowest BCUT2D eigenvalue weighted by Gasteiger charge is -2.20. The maximum absolute atomic E-state index is 5.82. The molecule has 1 aromatic heterocycles. The fourth-order valence-corrected chi connectivity index (χ4v) is 2.06. The van der Waals surface area contributed by atoms with E-state index < -0.39 is 0 Å². The lowest BCUT2D eigenvalue weighted by atomic mass is 9.86. The van der Waals surface area contributed by atoms with Gasteiger partial charge in [-0.2, -0.15) is 0 Å². The Morgan fingerprint density at radius 3 is 2.35 bits per heavy atom. The molecular weight excluding hydrogens is 250 g/mol. The van der Waals surface area contributed by atoms with Gasteiger partial charge in [0, 0.05) is 11.8 Å². The molecule has 1 heterocycles. The van der Waals surface area contributed by atoms with Gasteiger partial charge in [0.05, 0.1) is 12.7 Å². The molecule has 0 spiro atoms. The normalized spacial score (nSPS) is 11.4. The summed E-state index contributed by atoms with van der Waals surface area (Å²) in [7, 11) is 1.65. The molecule has 2 rings (SSSR count). The van der Waals surface area contributed by atoms with Crippen LogP contribution >= 0.6 is 0 Å². The van der Waals surface area contributed by atoms with Gasteiger partial charge in [-0.05, 0) is 30.0 Å². The van der Waals surface area contributed by atoms with Crippen LogP contribution in [0.2, 0.25) is 0 Å². The molecule has 2 aromatic rings. The summed E-state index contributed by atoms with van der Waals surface area (Å²) in [6.07, 6.45) is 0. The first-order chi connectivity index (χ1) is 9.31. The van der Waals surface area contributed by atoms with Crippen molar-refractivity contribution in [2.45, 2.75) is 33.1 Å². The highest BCUT2D eigenvalue weighted by molar-refractivity contribution is 5.66. The lowest BCUT2D eigenvalue weighted by Crippen LogP contribution is -2.11. The van der Waals surface area contributed by atoms with E-state index in [1.54, 1.807) is 13.2 Å². The number of nitrogens with two attached hydrogens (primary N) is 1. The van der Waals surface area contributed by atoms with Gasteiger partial charge < -0.3 is 10.5 Å². The van der Waals surface area contributed by atoms with Crippen LogP contribution in [0.4, 0.5) is 5.82 Å². The van der Waals surface area contributed by atoms with Crippen LogP contribution in [0.25, 0.3) is 11.4 Å². The minimum Gasteiger partial charge on any atom is -0.496 e. The highest BCUT2D eigenvalue weighted by atomic mass is 16.5. The van der Waals surface area contributed by atoms with E-state index in [-0.39, 0.29) is 5.41 Å². The van der Waals surface area contributed by atoms with Gasteiger partial charge in [-0.15, -0.1) is 0 Å². The molecule has 2 N–H and O–H groups in total. The number of ether oxygens (including phenoxy) is 1. The number of hydrogen-bond acceptors (Lipinski definition) is 4. The number of benzene rings is 1. The summed E-state index contributed by atoms with van der Waals surface area (Å²) in [6, 6.07) is 7.86. The fraction of sp³-hybridized carbons (Fsp3) is 0.375. The molecule has 0 atom stereocenters. The van der Waals surface area contributed by atoms with Gasteiger partial charge in [0.25, 0.3) is 0 Å². The zero-order valence-electron chi connectivity index (χ0n) is 12.7. The molecule has 20 heavy (non-hydrogen) atoms. The van der Waals surface area contributed by atoms with Gasteiger partial charge in [0.1, 0.15) is 11.6 Å².